The number of benzene rings is 2. The van der Waals surface area contributed by atoms with Crippen molar-refractivity contribution in [2.24, 2.45) is 0 Å². The van der Waals surface area contributed by atoms with Gasteiger partial charge in [0.1, 0.15) is 11.4 Å². The number of ether oxygens (including phenoxy) is 2. The van der Waals surface area contributed by atoms with Crippen LogP contribution in [0.25, 0.3) is 10.8 Å². The van der Waals surface area contributed by atoms with E-state index >= 15 is 0 Å². The van der Waals surface area contributed by atoms with E-state index in [1.54, 1.807) is 23.9 Å². The third kappa shape index (κ3) is 7.40. The molecule has 0 spiro atoms. The largest absolute Gasteiger partial charge is 0.444 e. The van der Waals surface area contributed by atoms with Crippen molar-refractivity contribution in [3.8, 4) is 6.07 Å². The van der Waals surface area contributed by atoms with Crippen molar-refractivity contribution in [3.63, 3.8) is 0 Å². The fourth-order valence-electron chi connectivity index (χ4n) is 5.78. The van der Waals surface area contributed by atoms with E-state index in [0.29, 0.717) is 55.8 Å². The van der Waals surface area contributed by atoms with Crippen LogP contribution in [0.1, 0.15) is 56.5 Å². The Morgan fingerprint density at radius 1 is 1.18 bits per heavy atom. The number of rotatable bonds is 7. The number of fused-ring (bicyclic) bond motifs is 2. The minimum atomic E-state index is -0.645. The second-order valence-corrected chi connectivity index (χ2v) is 13.0. The maximum absolute atomic E-state index is 13.0. The number of nitrogens with one attached hydrogen (secondary N) is 1. The highest BCUT2D eigenvalue weighted by atomic mass is 35.5. The third-order valence-corrected chi connectivity index (χ3v) is 8.28. The molecule has 11 nitrogen and oxygen atoms in total. The Morgan fingerprint density at radius 2 is 1.93 bits per heavy atom. The number of halogens is 1. The predicted molar refractivity (Wildman–Crippen MR) is 173 cm³/mol. The molecule has 1 N–H and O–H groups in total. The highest BCUT2D eigenvalue weighted by Gasteiger charge is 2.36. The van der Waals surface area contributed by atoms with Gasteiger partial charge in [-0.05, 0) is 37.8 Å². The monoisotopic (exact) mass is 633 g/mol. The molecule has 1 fully saturated rings. The van der Waals surface area contributed by atoms with E-state index in [4.69, 9.17) is 31.0 Å². The molecular weight excluding hydrogens is 594 g/mol. The Balaban J connectivity index is 1.46. The first-order valence-corrected chi connectivity index (χ1v) is 15.6. The standard InChI is InChI=1S/C33H40ClN7O4/c1-33(2,3)45-32(43)41-17-16-40(19-22(41)12-14-35)30-24-20-44-27(23-10-6-8-21-9-7-11-25(34)29(21)23)18-26(24)37-31(38-30)36-15-13-28(42)39(4)5/h6-11,22,27H,12-13,15-20H2,1-5H3,(H,36,37,38)/t22-,27?/m0/s1. The Bertz CT molecular complexity index is 1610. The minimum absolute atomic E-state index is 0.000378. The highest BCUT2D eigenvalue weighted by molar-refractivity contribution is 6.35. The minimum Gasteiger partial charge on any atom is -0.444 e. The third-order valence-electron chi connectivity index (χ3n) is 7.97. The normalized spacial score (nSPS) is 18.2. The lowest BCUT2D eigenvalue weighted by Crippen LogP contribution is -2.56. The summed E-state index contributed by atoms with van der Waals surface area (Å²) < 4.78 is 12.1. The average Bonchev–Trinajstić information content (AvgIpc) is 2.99. The van der Waals surface area contributed by atoms with E-state index in [1.165, 1.54) is 0 Å². The Hall–Kier alpha value is -4.14. The lowest BCUT2D eigenvalue weighted by Gasteiger charge is -2.42. The van der Waals surface area contributed by atoms with Gasteiger partial charge in [-0.1, -0.05) is 41.9 Å². The molecule has 2 amide bonds. The number of hydrogen-bond donors (Lipinski definition) is 1. The SMILES string of the molecule is CN(C)C(=O)CCNc1nc2c(c(N3CCN(C(=O)OC(C)(C)C)[C@@H](CC#N)C3)n1)COC(c1cccc3cccc(Cl)c13)C2. The van der Waals surface area contributed by atoms with Crippen molar-refractivity contribution < 1.29 is 19.1 Å². The second kappa shape index (κ2) is 13.5. The number of carbonyl (C=O) groups excluding carboxylic acids is 2. The van der Waals surface area contributed by atoms with Gasteiger partial charge in [-0.25, -0.2) is 9.78 Å². The number of carbonyl (C=O) groups is 2. The summed E-state index contributed by atoms with van der Waals surface area (Å²) in [5.41, 5.74) is 2.06. The summed E-state index contributed by atoms with van der Waals surface area (Å²) in [6, 6.07) is 13.8. The summed E-state index contributed by atoms with van der Waals surface area (Å²) in [6.45, 7) is 7.40. The van der Waals surface area contributed by atoms with E-state index in [9.17, 15) is 14.9 Å². The van der Waals surface area contributed by atoms with E-state index in [-0.39, 0.29) is 31.1 Å². The first-order chi connectivity index (χ1) is 21.4. The van der Waals surface area contributed by atoms with Gasteiger partial charge >= 0.3 is 6.09 Å². The van der Waals surface area contributed by atoms with Gasteiger partial charge in [-0.3, -0.25) is 4.79 Å². The number of amides is 2. The van der Waals surface area contributed by atoms with E-state index in [1.807, 2.05) is 57.2 Å². The summed E-state index contributed by atoms with van der Waals surface area (Å²) >= 11 is 6.66. The molecule has 12 heteroatoms. The topological polar surface area (TPSA) is 124 Å². The molecule has 5 rings (SSSR count). The first kappa shape index (κ1) is 32.3. The number of nitrogens with zero attached hydrogens (tertiary/aromatic N) is 6. The van der Waals surface area contributed by atoms with Gasteiger partial charge in [0.05, 0.1) is 36.9 Å². The van der Waals surface area contributed by atoms with Crippen LogP contribution in [0, 0.1) is 11.3 Å². The molecule has 3 aromatic rings. The molecule has 45 heavy (non-hydrogen) atoms. The van der Waals surface area contributed by atoms with Crippen molar-refractivity contribution in [1.82, 2.24) is 19.8 Å². The number of aromatic nitrogens is 2. The van der Waals surface area contributed by atoms with Crippen LogP contribution >= 0.6 is 11.6 Å². The number of nitriles is 1. The van der Waals surface area contributed by atoms with Crippen LogP contribution in [0.4, 0.5) is 16.6 Å². The van der Waals surface area contributed by atoms with Crippen molar-refractivity contribution in [2.45, 2.75) is 64.4 Å². The quantitative estimate of drug-likeness (QED) is 0.368. The summed E-state index contributed by atoms with van der Waals surface area (Å²) in [5.74, 6) is 1.11. The van der Waals surface area contributed by atoms with Gasteiger partial charge in [0.2, 0.25) is 11.9 Å². The molecule has 1 aromatic heterocycles. The van der Waals surface area contributed by atoms with E-state index in [2.05, 4.69) is 16.3 Å². The lowest BCUT2D eigenvalue weighted by atomic mass is 9.94. The van der Waals surface area contributed by atoms with Gasteiger partial charge in [0.15, 0.2) is 0 Å². The summed E-state index contributed by atoms with van der Waals surface area (Å²) in [5, 5.41) is 15.5. The molecule has 238 valence electrons. The smallest absolute Gasteiger partial charge is 0.410 e. The summed E-state index contributed by atoms with van der Waals surface area (Å²) in [4.78, 5) is 40.3. The van der Waals surface area contributed by atoms with Crippen LogP contribution in [0.5, 0.6) is 0 Å². The van der Waals surface area contributed by atoms with Gasteiger partial charge in [0.25, 0.3) is 0 Å². The molecule has 1 saturated heterocycles. The van der Waals surface area contributed by atoms with Gasteiger partial charge < -0.3 is 29.5 Å². The zero-order valence-electron chi connectivity index (χ0n) is 26.5. The molecule has 2 aliphatic rings. The van der Waals surface area contributed by atoms with Crippen molar-refractivity contribution in [2.75, 3.05) is 50.5 Å². The molecular formula is C33H40ClN7O4. The second-order valence-electron chi connectivity index (χ2n) is 12.6. The van der Waals surface area contributed by atoms with Crippen molar-refractivity contribution in [3.05, 3.63) is 58.2 Å². The number of piperazine rings is 1. The molecule has 0 aliphatic carbocycles. The molecule has 1 unspecified atom stereocenters. The Kier molecular flexibility index (Phi) is 9.65. The predicted octanol–water partition coefficient (Wildman–Crippen LogP) is 5.33. The van der Waals surface area contributed by atoms with E-state index < -0.39 is 11.7 Å². The number of anilines is 2. The van der Waals surface area contributed by atoms with Gasteiger partial charge in [0, 0.05) is 69.1 Å². The molecule has 2 atom stereocenters. The zero-order valence-corrected chi connectivity index (χ0v) is 27.2. The van der Waals surface area contributed by atoms with Gasteiger partial charge in [-0.15, -0.1) is 0 Å². The molecule has 0 bridgehead atoms. The van der Waals surface area contributed by atoms with Crippen LogP contribution in [0.2, 0.25) is 5.02 Å². The van der Waals surface area contributed by atoms with Crippen LogP contribution in [-0.4, -0.2) is 83.7 Å². The maximum atomic E-state index is 13.0. The van der Waals surface area contributed by atoms with Gasteiger partial charge in [-0.2, -0.15) is 10.2 Å². The number of hydrogen-bond acceptors (Lipinski definition) is 9. The highest BCUT2D eigenvalue weighted by Crippen LogP contribution is 2.39. The van der Waals surface area contributed by atoms with Crippen LogP contribution in [-0.2, 0) is 27.3 Å². The van der Waals surface area contributed by atoms with Crippen LogP contribution < -0.4 is 10.2 Å². The van der Waals surface area contributed by atoms with Crippen molar-refractivity contribution in [1.29, 1.82) is 5.26 Å². The lowest BCUT2D eigenvalue weighted by molar-refractivity contribution is -0.128. The molecule has 3 heterocycles. The fraction of sp³-hybridized carbons (Fsp3) is 0.485. The van der Waals surface area contributed by atoms with E-state index in [0.717, 1.165) is 27.6 Å². The fourth-order valence-corrected chi connectivity index (χ4v) is 6.07. The first-order valence-electron chi connectivity index (χ1n) is 15.2. The van der Waals surface area contributed by atoms with Crippen molar-refractivity contribution >= 4 is 46.1 Å². The average molecular weight is 634 g/mol. The molecule has 0 saturated carbocycles. The van der Waals surface area contributed by atoms with Crippen LogP contribution in [0.3, 0.4) is 0 Å². The Labute approximate surface area is 269 Å². The summed E-state index contributed by atoms with van der Waals surface area (Å²) in [7, 11) is 3.45. The molecule has 2 aliphatic heterocycles. The molecule has 0 radical (unpaired) electrons. The summed E-state index contributed by atoms with van der Waals surface area (Å²) in [6.07, 6.45) is 0.241. The van der Waals surface area contributed by atoms with Crippen LogP contribution in [0.15, 0.2) is 36.4 Å². The maximum Gasteiger partial charge on any atom is 0.410 e. The zero-order chi connectivity index (χ0) is 32.3. The molecule has 2 aromatic carbocycles. The Morgan fingerprint density at radius 3 is 2.64 bits per heavy atom.